The van der Waals surface area contributed by atoms with Gasteiger partial charge in [0.25, 0.3) is 0 Å². The fourth-order valence-corrected chi connectivity index (χ4v) is 11.2. The molecule has 0 heterocycles. The van der Waals surface area contributed by atoms with Gasteiger partial charge in [-0.25, -0.2) is 0 Å². The summed E-state index contributed by atoms with van der Waals surface area (Å²) in [6.45, 7) is 18.8. The smallest absolute Gasteiger partial charge is 0.0590 e. The first-order chi connectivity index (χ1) is 8.69. The average molecular weight is 338 g/mol. The molecule has 0 amide bonds. The van der Waals surface area contributed by atoms with Crippen LogP contribution in [0.5, 0.6) is 0 Å². The van der Waals surface area contributed by atoms with Gasteiger partial charge in [0.2, 0.25) is 5.97 Å². The molecule has 20 heavy (non-hydrogen) atoms. The lowest BCUT2D eigenvalue weighted by Crippen LogP contribution is -2.44. The van der Waals surface area contributed by atoms with Crippen molar-refractivity contribution in [2.75, 3.05) is 0 Å². The molecular formula is C17H32Cl2P+. The summed E-state index contributed by atoms with van der Waals surface area (Å²) in [4.78, 5) is 0. The monoisotopic (exact) mass is 337 g/mol. The molecule has 3 heteroatoms. The van der Waals surface area contributed by atoms with Crippen molar-refractivity contribution in [3.63, 3.8) is 0 Å². The largest absolute Gasteiger partial charge is 0.220 e. The Kier molecular flexibility index (Phi) is 3.92. The van der Waals surface area contributed by atoms with E-state index >= 15 is 0 Å². The van der Waals surface area contributed by atoms with E-state index in [1.54, 1.807) is 0 Å². The Labute approximate surface area is 136 Å². The third kappa shape index (κ3) is 1.97. The van der Waals surface area contributed by atoms with E-state index in [-0.39, 0.29) is 10.6 Å². The van der Waals surface area contributed by atoms with Gasteiger partial charge in [-0.2, -0.15) is 0 Å². The Hall–Kier alpha value is 1.01. The molecule has 0 saturated heterocycles. The van der Waals surface area contributed by atoms with Gasteiger partial charge in [-0.1, -0.05) is 41.5 Å². The van der Waals surface area contributed by atoms with Gasteiger partial charge < -0.3 is 0 Å². The normalized spacial score (nSPS) is 37.5. The van der Waals surface area contributed by atoms with Gasteiger partial charge in [0.1, 0.15) is 33.3 Å². The molecule has 0 N–H and O–H groups in total. The van der Waals surface area contributed by atoms with E-state index in [0.29, 0.717) is 16.5 Å². The summed E-state index contributed by atoms with van der Waals surface area (Å²) in [5.74, 6) is -1.25. The molecule has 0 aromatic heterocycles. The average Bonchev–Trinajstić information content (AvgIpc) is 2.58. The molecule has 0 aromatic carbocycles. The lowest BCUT2D eigenvalue weighted by atomic mass is 9.71. The zero-order valence-electron chi connectivity index (χ0n) is 14.5. The first-order valence-corrected chi connectivity index (χ1v) is 11.6. The molecule has 118 valence electrons. The van der Waals surface area contributed by atoms with Gasteiger partial charge in [-0.15, -0.1) is 0 Å². The molecule has 0 nitrogen and oxygen atoms in total. The Morgan fingerprint density at radius 1 is 1.00 bits per heavy atom. The van der Waals surface area contributed by atoms with E-state index < -0.39 is 5.97 Å². The van der Waals surface area contributed by atoms with Crippen LogP contribution in [0.25, 0.3) is 0 Å². The van der Waals surface area contributed by atoms with Crippen molar-refractivity contribution in [3.05, 3.63) is 0 Å². The van der Waals surface area contributed by atoms with Gasteiger partial charge in [-0.3, -0.25) is 0 Å². The van der Waals surface area contributed by atoms with Crippen molar-refractivity contribution < 1.29 is 0 Å². The number of halogens is 2. The predicted octanol–water partition coefficient (Wildman–Crippen LogP) is 7.35. The molecule has 2 aliphatic carbocycles. The molecule has 2 saturated carbocycles. The maximum atomic E-state index is 7.21. The van der Waals surface area contributed by atoms with Crippen molar-refractivity contribution in [1.82, 2.24) is 0 Å². The molecule has 0 spiro atoms. The van der Waals surface area contributed by atoms with Crippen LogP contribution >= 0.6 is 28.4 Å². The predicted molar refractivity (Wildman–Crippen MR) is 95.2 cm³/mol. The fraction of sp³-hybridized carbons (Fsp3) is 1.00. The van der Waals surface area contributed by atoms with Crippen molar-refractivity contribution in [3.8, 4) is 0 Å². The van der Waals surface area contributed by atoms with Crippen molar-refractivity contribution in [2.24, 2.45) is 22.2 Å². The summed E-state index contributed by atoms with van der Waals surface area (Å²) in [6, 6.07) is 0. The van der Waals surface area contributed by atoms with E-state index in [4.69, 9.17) is 22.5 Å². The molecule has 2 bridgehead atoms. The van der Waals surface area contributed by atoms with E-state index in [1.165, 1.54) is 19.3 Å². The molecule has 2 aliphatic rings. The van der Waals surface area contributed by atoms with Gasteiger partial charge in [0, 0.05) is 10.8 Å². The quantitative estimate of drug-likeness (QED) is 0.462. The number of hydrogen-bond acceptors (Lipinski definition) is 0. The third-order valence-corrected chi connectivity index (χ3v) is 15.4. The lowest BCUT2D eigenvalue weighted by Gasteiger charge is -2.47. The van der Waals surface area contributed by atoms with Crippen LogP contribution in [0.3, 0.4) is 0 Å². The zero-order valence-corrected chi connectivity index (χ0v) is 16.9. The Bertz CT molecular complexity index is 406. The van der Waals surface area contributed by atoms with Gasteiger partial charge in [0.05, 0.1) is 0 Å². The molecule has 3 atom stereocenters. The first kappa shape index (κ1) is 17.4. The van der Waals surface area contributed by atoms with Crippen molar-refractivity contribution in [2.45, 2.75) is 85.5 Å². The van der Waals surface area contributed by atoms with Crippen LogP contribution in [0, 0.1) is 22.2 Å². The summed E-state index contributed by atoms with van der Waals surface area (Å²) in [5, 5.41) is -0.0165. The summed E-state index contributed by atoms with van der Waals surface area (Å²) in [5.41, 5.74) is 1.34. The van der Waals surface area contributed by atoms with Crippen molar-refractivity contribution in [1.29, 1.82) is 0 Å². The molecule has 0 radical (unpaired) electrons. The molecule has 2 rings (SSSR count). The van der Waals surface area contributed by atoms with Gasteiger partial charge in [0.15, 0.2) is 0 Å². The standard InChI is InChI=1S/C17H32Cl2P/c1-14(2,3)16(6,7)20(18,19)13-11-12-9-10-17(13,8)15(12,4)5/h12-13H,9-11H2,1-8H3/q+1/t12-,13+,17+/m0/s1. The van der Waals surface area contributed by atoms with E-state index in [1.807, 2.05) is 0 Å². The van der Waals surface area contributed by atoms with Gasteiger partial charge in [-0.05, 0) is 44.4 Å². The second-order valence-corrected chi connectivity index (χ2v) is 16.1. The van der Waals surface area contributed by atoms with E-state index in [9.17, 15) is 0 Å². The van der Waals surface area contributed by atoms with Crippen molar-refractivity contribution >= 4 is 28.4 Å². The Morgan fingerprint density at radius 2 is 1.50 bits per heavy atom. The Morgan fingerprint density at radius 3 is 1.80 bits per heavy atom. The molecule has 0 aliphatic heterocycles. The summed E-state index contributed by atoms with van der Waals surface area (Å²) in [6.07, 6.45) is 3.91. The van der Waals surface area contributed by atoms with Crippen LogP contribution in [0.4, 0.5) is 0 Å². The van der Waals surface area contributed by atoms with Crippen LogP contribution in [0.2, 0.25) is 0 Å². The second-order valence-electron chi connectivity index (χ2n) is 9.49. The molecule has 0 unspecified atom stereocenters. The highest BCUT2D eigenvalue weighted by Crippen LogP contribution is 2.90. The van der Waals surface area contributed by atoms with Crippen LogP contribution in [-0.2, 0) is 0 Å². The third-order valence-electron chi connectivity index (χ3n) is 7.72. The van der Waals surface area contributed by atoms with Crippen LogP contribution < -0.4 is 0 Å². The van der Waals surface area contributed by atoms with E-state index in [2.05, 4.69) is 55.4 Å². The highest BCUT2D eigenvalue weighted by molar-refractivity contribution is 8.18. The SMILES string of the molecule is CC(C)(C)C(C)(C)[P+](Cl)(Cl)[C@@H]1C[C@@H]2CC[C@@]1(C)C2(C)C. The fourth-order valence-electron chi connectivity index (χ4n) is 4.49. The second kappa shape index (κ2) is 4.52. The maximum Gasteiger partial charge on any atom is 0.220 e. The highest BCUT2D eigenvalue weighted by atomic mass is 35.9. The minimum atomic E-state index is -2.06. The van der Waals surface area contributed by atoms with Crippen LogP contribution in [0.15, 0.2) is 0 Å². The minimum absolute atomic E-state index is 0.0165. The first-order valence-electron chi connectivity index (χ1n) is 7.98. The maximum absolute atomic E-state index is 7.21. The molecule has 2 fully saturated rings. The number of hydrogen-bond donors (Lipinski definition) is 0. The number of rotatable bonds is 2. The topological polar surface area (TPSA) is 0 Å². The molecule has 0 aromatic rings. The van der Waals surface area contributed by atoms with Crippen LogP contribution in [0.1, 0.15) is 74.7 Å². The molecular weight excluding hydrogens is 306 g/mol. The highest BCUT2D eigenvalue weighted by Gasteiger charge is 2.74. The summed E-state index contributed by atoms with van der Waals surface area (Å²) < 4.78 is 0. The zero-order chi connectivity index (χ0) is 15.8. The van der Waals surface area contributed by atoms with Crippen LogP contribution in [-0.4, -0.2) is 10.8 Å². The van der Waals surface area contributed by atoms with Gasteiger partial charge >= 0.3 is 0 Å². The summed E-state index contributed by atoms with van der Waals surface area (Å²) in [7, 11) is 0. The summed E-state index contributed by atoms with van der Waals surface area (Å²) >= 11 is 14.4. The Balaban J connectivity index is 2.43. The van der Waals surface area contributed by atoms with E-state index in [0.717, 1.165) is 5.92 Å². The lowest BCUT2D eigenvalue weighted by molar-refractivity contribution is 0.154. The number of fused-ring (bicyclic) bond motifs is 2. The minimum Gasteiger partial charge on any atom is -0.0590 e.